The highest BCUT2D eigenvalue weighted by Gasteiger charge is 2.28. The molecule has 1 N–H and O–H groups in total. The predicted octanol–water partition coefficient (Wildman–Crippen LogP) is 1.77. The van der Waals surface area contributed by atoms with Crippen LogP contribution in [-0.4, -0.2) is 61.3 Å². The normalized spacial score (nSPS) is 16.5. The first-order valence-electron chi connectivity index (χ1n) is 9.17. The molecule has 0 atom stereocenters. The second kappa shape index (κ2) is 9.25. The Morgan fingerprint density at radius 2 is 1.61 bits per heavy atom. The van der Waals surface area contributed by atoms with Crippen LogP contribution in [0.1, 0.15) is 11.1 Å². The average Bonchev–Trinajstić information content (AvgIpc) is 2.73. The minimum Gasteiger partial charge on any atom is -0.388 e. The van der Waals surface area contributed by atoms with Crippen molar-refractivity contribution in [2.45, 2.75) is 11.4 Å². The first kappa shape index (κ1) is 20.4. The van der Waals surface area contributed by atoms with Gasteiger partial charge in [0, 0.05) is 32.7 Å². The highest BCUT2D eigenvalue weighted by Crippen LogP contribution is 2.19. The predicted molar refractivity (Wildman–Crippen MR) is 108 cm³/mol. The van der Waals surface area contributed by atoms with Gasteiger partial charge in [0.1, 0.15) is 6.61 Å². The van der Waals surface area contributed by atoms with E-state index < -0.39 is 22.4 Å². The summed E-state index contributed by atoms with van der Waals surface area (Å²) in [7, 11) is -3.54. The minimum absolute atomic E-state index is 0.245. The zero-order chi connectivity index (χ0) is 20.0. The molecular formula is C21H24N2O4S. The lowest BCUT2D eigenvalue weighted by Crippen LogP contribution is -2.48. The second-order valence-electron chi connectivity index (χ2n) is 6.69. The Hall–Kier alpha value is -2.32. The third kappa shape index (κ3) is 5.14. The van der Waals surface area contributed by atoms with E-state index in [2.05, 4.69) is 17.0 Å². The fourth-order valence-electron chi connectivity index (χ4n) is 3.11. The van der Waals surface area contributed by atoms with Crippen LogP contribution < -0.4 is 0 Å². The summed E-state index contributed by atoms with van der Waals surface area (Å²) in [6.07, 6.45) is 2.83. The number of piperazine rings is 1. The van der Waals surface area contributed by atoms with E-state index in [1.165, 1.54) is 15.9 Å². The molecule has 148 valence electrons. The van der Waals surface area contributed by atoms with Crippen molar-refractivity contribution in [1.29, 1.82) is 0 Å². The van der Waals surface area contributed by atoms with Crippen LogP contribution >= 0.6 is 0 Å². The van der Waals surface area contributed by atoms with Gasteiger partial charge < -0.3 is 5.11 Å². The molecule has 0 bridgehead atoms. The number of rotatable bonds is 7. The Balaban J connectivity index is 1.60. The lowest BCUT2D eigenvalue weighted by molar-refractivity contribution is -0.117. The highest BCUT2D eigenvalue weighted by atomic mass is 32.2. The highest BCUT2D eigenvalue weighted by molar-refractivity contribution is 7.89. The van der Waals surface area contributed by atoms with Gasteiger partial charge in [0.15, 0.2) is 5.78 Å². The Morgan fingerprint density at radius 1 is 0.964 bits per heavy atom. The molecule has 1 saturated heterocycles. The minimum atomic E-state index is -3.54. The molecule has 1 aliphatic heterocycles. The Kier molecular flexibility index (Phi) is 6.74. The van der Waals surface area contributed by atoms with Crippen LogP contribution in [0.25, 0.3) is 6.08 Å². The van der Waals surface area contributed by atoms with Crippen molar-refractivity contribution in [3.05, 3.63) is 71.8 Å². The molecule has 0 aromatic heterocycles. The van der Waals surface area contributed by atoms with Crippen LogP contribution in [0.3, 0.4) is 0 Å². The molecule has 6 nitrogen and oxygen atoms in total. The smallest absolute Gasteiger partial charge is 0.243 e. The Bertz CT molecular complexity index is 917. The maximum Gasteiger partial charge on any atom is 0.243 e. The maximum atomic E-state index is 12.9. The zero-order valence-electron chi connectivity index (χ0n) is 15.6. The molecule has 1 fully saturated rings. The molecule has 0 saturated carbocycles. The van der Waals surface area contributed by atoms with Crippen LogP contribution in [0.4, 0.5) is 0 Å². The monoisotopic (exact) mass is 400 g/mol. The van der Waals surface area contributed by atoms with E-state index in [0.717, 1.165) is 6.54 Å². The lowest BCUT2D eigenvalue weighted by Gasteiger charge is -2.34. The van der Waals surface area contributed by atoms with Gasteiger partial charge in [0.2, 0.25) is 10.0 Å². The molecule has 0 spiro atoms. The first-order chi connectivity index (χ1) is 13.5. The van der Waals surface area contributed by atoms with Gasteiger partial charge in [-0.05, 0) is 29.3 Å². The molecule has 3 rings (SSSR count). The summed E-state index contributed by atoms with van der Waals surface area (Å²) in [4.78, 5) is 13.6. The molecule has 1 aliphatic rings. The lowest BCUT2D eigenvalue weighted by atomic mass is 10.2. The number of aliphatic hydroxyl groups excluding tert-OH is 1. The van der Waals surface area contributed by atoms with E-state index in [1.54, 1.807) is 30.3 Å². The van der Waals surface area contributed by atoms with E-state index in [0.29, 0.717) is 31.7 Å². The van der Waals surface area contributed by atoms with Crippen molar-refractivity contribution >= 4 is 21.9 Å². The van der Waals surface area contributed by atoms with E-state index in [-0.39, 0.29) is 4.90 Å². The standard InChI is InChI=1S/C21H24N2O4S/c24-17-20(25)9-6-18-7-10-21(11-8-18)28(26,27)23-14-12-22(13-15-23)16-19-4-2-1-3-5-19/h1-11,24H,12-17H2/b9-6+. The van der Waals surface area contributed by atoms with Gasteiger partial charge >= 0.3 is 0 Å². The van der Waals surface area contributed by atoms with Gasteiger partial charge in [-0.25, -0.2) is 8.42 Å². The molecule has 0 amide bonds. The number of nitrogens with zero attached hydrogens (tertiary/aromatic N) is 2. The van der Waals surface area contributed by atoms with Crippen LogP contribution in [-0.2, 0) is 21.4 Å². The van der Waals surface area contributed by atoms with Crippen LogP contribution in [0.15, 0.2) is 65.6 Å². The fraction of sp³-hybridized carbons (Fsp3) is 0.286. The SMILES string of the molecule is O=C(/C=C/c1ccc(S(=O)(=O)N2CCN(Cc3ccccc3)CC2)cc1)CO. The van der Waals surface area contributed by atoms with Crippen molar-refractivity contribution in [3.63, 3.8) is 0 Å². The van der Waals surface area contributed by atoms with Crippen molar-refractivity contribution < 1.29 is 18.3 Å². The second-order valence-corrected chi connectivity index (χ2v) is 8.63. The van der Waals surface area contributed by atoms with E-state index >= 15 is 0 Å². The maximum absolute atomic E-state index is 12.9. The number of aliphatic hydroxyl groups is 1. The molecule has 7 heteroatoms. The van der Waals surface area contributed by atoms with Crippen LogP contribution in [0.5, 0.6) is 0 Å². The van der Waals surface area contributed by atoms with Crippen molar-refractivity contribution in [2.24, 2.45) is 0 Å². The van der Waals surface area contributed by atoms with Gasteiger partial charge in [-0.15, -0.1) is 0 Å². The molecule has 0 radical (unpaired) electrons. The van der Waals surface area contributed by atoms with Crippen molar-refractivity contribution in [3.8, 4) is 0 Å². The number of carbonyl (C=O) groups is 1. The summed E-state index contributed by atoms with van der Waals surface area (Å²) in [5.41, 5.74) is 1.93. The van der Waals surface area contributed by atoms with Crippen molar-refractivity contribution in [2.75, 3.05) is 32.8 Å². The van der Waals surface area contributed by atoms with Gasteiger partial charge in [-0.1, -0.05) is 48.5 Å². The third-order valence-electron chi connectivity index (χ3n) is 4.72. The van der Waals surface area contributed by atoms with Gasteiger partial charge in [0.05, 0.1) is 4.90 Å². The molecule has 0 unspecified atom stereocenters. The average molecular weight is 401 g/mol. The van der Waals surface area contributed by atoms with Crippen molar-refractivity contribution in [1.82, 2.24) is 9.21 Å². The summed E-state index contributed by atoms with van der Waals surface area (Å²) in [6, 6.07) is 16.6. The molecule has 0 aliphatic carbocycles. The number of benzene rings is 2. The van der Waals surface area contributed by atoms with Crippen LogP contribution in [0.2, 0.25) is 0 Å². The van der Waals surface area contributed by atoms with E-state index in [4.69, 9.17) is 5.11 Å². The quantitative estimate of drug-likeness (QED) is 0.717. The number of hydrogen-bond donors (Lipinski definition) is 1. The molecule has 28 heavy (non-hydrogen) atoms. The summed E-state index contributed by atoms with van der Waals surface area (Å²) in [5.74, 6) is -0.398. The first-order valence-corrected chi connectivity index (χ1v) is 10.6. The Morgan fingerprint density at radius 3 is 2.21 bits per heavy atom. The summed E-state index contributed by atoms with van der Waals surface area (Å²) >= 11 is 0. The molecule has 2 aromatic carbocycles. The van der Waals surface area contributed by atoms with E-state index in [1.807, 2.05) is 18.2 Å². The van der Waals surface area contributed by atoms with Crippen LogP contribution in [0, 0.1) is 0 Å². The van der Waals surface area contributed by atoms with E-state index in [9.17, 15) is 13.2 Å². The van der Waals surface area contributed by atoms with Gasteiger partial charge in [-0.3, -0.25) is 9.69 Å². The largest absolute Gasteiger partial charge is 0.388 e. The number of sulfonamides is 1. The number of hydrogen-bond acceptors (Lipinski definition) is 5. The zero-order valence-corrected chi connectivity index (χ0v) is 16.4. The third-order valence-corrected chi connectivity index (χ3v) is 6.63. The topological polar surface area (TPSA) is 77.9 Å². The fourth-order valence-corrected chi connectivity index (χ4v) is 4.53. The van der Waals surface area contributed by atoms with Gasteiger partial charge in [-0.2, -0.15) is 4.31 Å². The van der Waals surface area contributed by atoms with Gasteiger partial charge in [0.25, 0.3) is 0 Å². The molecule has 2 aromatic rings. The summed E-state index contributed by atoms with van der Waals surface area (Å²) < 4.78 is 27.3. The molecule has 1 heterocycles. The summed E-state index contributed by atoms with van der Waals surface area (Å²) in [5, 5.41) is 8.72. The number of ketones is 1. The molecular weight excluding hydrogens is 376 g/mol. The number of carbonyl (C=O) groups excluding carboxylic acids is 1. The summed E-state index contributed by atoms with van der Waals surface area (Å²) in [6.45, 7) is 2.58. The Labute approximate surface area is 165 Å².